The lowest BCUT2D eigenvalue weighted by atomic mass is 9.96. The highest BCUT2D eigenvalue weighted by atomic mass is 127. The Labute approximate surface area is 187 Å². The predicted octanol–water partition coefficient (Wildman–Crippen LogP) is 1.63. The van der Waals surface area contributed by atoms with Crippen LogP contribution in [-0.2, 0) is 11.3 Å². The number of nitrogens with zero attached hydrogens (tertiary/aromatic N) is 4. The number of halogens is 1. The molecule has 158 valence electrons. The number of hydrogen-bond donors (Lipinski definition) is 3. The van der Waals surface area contributed by atoms with Crippen LogP contribution < -0.4 is 15.8 Å². The van der Waals surface area contributed by atoms with Gasteiger partial charge in [0.1, 0.15) is 17.9 Å². The number of ether oxygens (including phenoxy) is 1. The Hall–Kier alpha value is -2.37. The van der Waals surface area contributed by atoms with Gasteiger partial charge in [0.15, 0.2) is 12.6 Å². The zero-order chi connectivity index (χ0) is 19.8. The molecule has 3 rings (SSSR count). The second-order valence-corrected chi connectivity index (χ2v) is 6.70. The van der Waals surface area contributed by atoms with Crippen LogP contribution in [0.3, 0.4) is 0 Å². The molecule has 1 aliphatic rings. The number of aromatic amines is 1. The standard InChI is InChI=1S/C19H27N7O2.HI/c1-2-21-19(26-8-6-15(7-9-26)18-23-13-24-25-18)22-11-14-4-3-5-16(10-14)28-12-17(20)27;/h3-5,10,13,15H,2,6-9,11-12H2,1H3,(H2,20,27)(H,21,22)(H,23,24,25);1H. The first-order valence-electron chi connectivity index (χ1n) is 9.54. The third-order valence-corrected chi connectivity index (χ3v) is 4.64. The Kier molecular flexibility index (Phi) is 9.16. The van der Waals surface area contributed by atoms with Gasteiger partial charge in [0, 0.05) is 25.6 Å². The number of likely N-dealkylation sites (tertiary alicyclic amines) is 1. The Morgan fingerprint density at radius 2 is 2.21 bits per heavy atom. The molecule has 0 aliphatic carbocycles. The molecule has 1 aromatic carbocycles. The lowest BCUT2D eigenvalue weighted by Crippen LogP contribution is -2.45. The molecule has 0 radical (unpaired) electrons. The molecular formula is C19H28IN7O2. The van der Waals surface area contributed by atoms with Crippen molar-refractivity contribution in [3.8, 4) is 5.75 Å². The van der Waals surface area contributed by atoms with E-state index in [4.69, 9.17) is 15.5 Å². The normalized spacial score (nSPS) is 14.9. The van der Waals surface area contributed by atoms with Gasteiger partial charge in [0.25, 0.3) is 5.91 Å². The van der Waals surface area contributed by atoms with Crippen LogP contribution in [0.2, 0.25) is 0 Å². The summed E-state index contributed by atoms with van der Waals surface area (Å²) >= 11 is 0. The molecule has 0 spiro atoms. The zero-order valence-corrected chi connectivity index (χ0v) is 18.8. The zero-order valence-electron chi connectivity index (χ0n) is 16.5. The number of benzene rings is 1. The van der Waals surface area contributed by atoms with Crippen molar-refractivity contribution in [1.29, 1.82) is 0 Å². The SMILES string of the molecule is CCNC(=NCc1cccc(OCC(N)=O)c1)N1CCC(c2ncn[nH]2)CC1.I. The highest BCUT2D eigenvalue weighted by molar-refractivity contribution is 14.0. The number of carbonyl (C=O) groups excluding carboxylic acids is 1. The number of carbonyl (C=O) groups is 1. The van der Waals surface area contributed by atoms with E-state index in [1.807, 2.05) is 18.2 Å². The highest BCUT2D eigenvalue weighted by Crippen LogP contribution is 2.25. The molecule has 0 bridgehead atoms. The van der Waals surface area contributed by atoms with Crippen LogP contribution in [0.1, 0.15) is 37.1 Å². The average Bonchev–Trinajstić information content (AvgIpc) is 3.25. The third-order valence-electron chi connectivity index (χ3n) is 4.64. The van der Waals surface area contributed by atoms with Crippen molar-refractivity contribution in [3.63, 3.8) is 0 Å². The second-order valence-electron chi connectivity index (χ2n) is 6.70. The summed E-state index contributed by atoms with van der Waals surface area (Å²) in [6.45, 7) is 5.10. The van der Waals surface area contributed by atoms with Crippen LogP contribution in [0.4, 0.5) is 0 Å². The molecule has 1 aromatic heterocycles. The van der Waals surface area contributed by atoms with Gasteiger partial charge >= 0.3 is 0 Å². The molecular weight excluding hydrogens is 485 g/mol. The van der Waals surface area contributed by atoms with Gasteiger partial charge in [-0.05, 0) is 37.5 Å². The molecule has 1 saturated heterocycles. The van der Waals surface area contributed by atoms with Gasteiger partial charge in [0.05, 0.1) is 6.54 Å². The summed E-state index contributed by atoms with van der Waals surface area (Å²) in [7, 11) is 0. The van der Waals surface area contributed by atoms with Gasteiger partial charge in [-0.2, -0.15) is 5.10 Å². The van der Waals surface area contributed by atoms with Crippen LogP contribution in [0.25, 0.3) is 0 Å². The number of hydrogen-bond acceptors (Lipinski definition) is 5. The number of primary amides is 1. The predicted molar refractivity (Wildman–Crippen MR) is 121 cm³/mol. The number of nitrogens with one attached hydrogen (secondary N) is 2. The number of H-pyrrole nitrogens is 1. The molecule has 4 N–H and O–H groups in total. The number of rotatable bonds is 7. The summed E-state index contributed by atoms with van der Waals surface area (Å²) in [6.07, 6.45) is 3.58. The lowest BCUT2D eigenvalue weighted by molar-refractivity contribution is -0.119. The van der Waals surface area contributed by atoms with Crippen molar-refractivity contribution >= 4 is 35.8 Å². The Morgan fingerprint density at radius 1 is 1.41 bits per heavy atom. The van der Waals surface area contributed by atoms with E-state index in [-0.39, 0.29) is 30.6 Å². The summed E-state index contributed by atoms with van der Waals surface area (Å²) in [5.74, 6) is 2.41. The molecule has 0 saturated carbocycles. The first kappa shape index (κ1) is 22.9. The maximum Gasteiger partial charge on any atom is 0.255 e. The van der Waals surface area contributed by atoms with Crippen molar-refractivity contribution in [2.24, 2.45) is 10.7 Å². The molecule has 1 fully saturated rings. The number of amides is 1. The summed E-state index contributed by atoms with van der Waals surface area (Å²) in [4.78, 5) is 22.2. The molecule has 0 atom stereocenters. The minimum Gasteiger partial charge on any atom is -0.484 e. The first-order chi connectivity index (χ1) is 13.7. The van der Waals surface area contributed by atoms with Crippen molar-refractivity contribution < 1.29 is 9.53 Å². The second kappa shape index (κ2) is 11.6. The minimum atomic E-state index is -0.494. The number of piperidine rings is 1. The van der Waals surface area contributed by atoms with E-state index in [9.17, 15) is 4.79 Å². The first-order valence-corrected chi connectivity index (χ1v) is 9.54. The minimum absolute atomic E-state index is 0. The van der Waals surface area contributed by atoms with E-state index in [1.54, 1.807) is 12.4 Å². The largest absolute Gasteiger partial charge is 0.484 e. The van der Waals surface area contributed by atoms with Crippen molar-refractivity contribution in [3.05, 3.63) is 42.0 Å². The van der Waals surface area contributed by atoms with Gasteiger partial charge in [0.2, 0.25) is 0 Å². The fourth-order valence-corrected chi connectivity index (χ4v) is 3.26. The maximum atomic E-state index is 10.9. The third kappa shape index (κ3) is 6.87. The monoisotopic (exact) mass is 513 g/mol. The lowest BCUT2D eigenvalue weighted by Gasteiger charge is -2.33. The fourth-order valence-electron chi connectivity index (χ4n) is 3.26. The summed E-state index contributed by atoms with van der Waals surface area (Å²) < 4.78 is 5.36. The topological polar surface area (TPSA) is 122 Å². The Morgan fingerprint density at radius 3 is 2.86 bits per heavy atom. The molecule has 1 aliphatic heterocycles. The van der Waals surface area contributed by atoms with Crippen molar-refractivity contribution in [2.45, 2.75) is 32.2 Å². The number of nitrogens with two attached hydrogens (primary N) is 1. The van der Waals surface area contributed by atoms with Gasteiger partial charge in [-0.15, -0.1) is 24.0 Å². The van der Waals surface area contributed by atoms with Gasteiger partial charge in [-0.1, -0.05) is 12.1 Å². The molecule has 10 heteroatoms. The number of aliphatic imine (C=N–C) groups is 1. The van der Waals surface area contributed by atoms with E-state index >= 15 is 0 Å². The summed E-state index contributed by atoms with van der Waals surface area (Å²) in [5, 5.41) is 10.3. The molecule has 1 amide bonds. The van der Waals surface area contributed by atoms with Crippen LogP contribution in [-0.4, -0.2) is 58.2 Å². The smallest absolute Gasteiger partial charge is 0.255 e. The van der Waals surface area contributed by atoms with E-state index in [0.29, 0.717) is 18.2 Å². The van der Waals surface area contributed by atoms with Gasteiger partial charge in [-0.25, -0.2) is 9.98 Å². The summed E-state index contributed by atoms with van der Waals surface area (Å²) in [6, 6.07) is 7.55. The Balaban J connectivity index is 0.00000300. The van der Waals surface area contributed by atoms with Crippen molar-refractivity contribution in [2.75, 3.05) is 26.2 Å². The Bertz CT molecular complexity index is 790. The number of aromatic nitrogens is 3. The molecule has 2 heterocycles. The molecule has 2 aromatic rings. The number of guanidine groups is 1. The quantitative estimate of drug-likeness (QED) is 0.294. The molecule has 0 unspecified atom stereocenters. The van der Waals surface area contributed by atoms with E-state index in [0.717, 1.165) is 49.8 Å². The highest BCUT2D eigenvalue weighted by Gasteiger charge is 2.24. The van der Waals surface area contributed by atoms with Crippen LogP contribution in [0.5, 0.6) is 5.75 Å². The summed E-state index contributed by atoms with van der Waals surface area (Å²) in [5.41, 5.74) is 6.13. The van der Waals surface area contributed by atoms with Gasteiger partial charge in [-0.3, -0.25) is 9.89 Å². The van der Waals surface area contributed by atoms with Crippen LogP contribution in [0.15, 0.2) is 35.6 Å². The van der Waals surface area contributed by atoms with E-state index < -0.39 is 5.91 Å². The van der Waals surface area contributed by atoms with Crippen LogP contribution in [0, 0.1) is 0 Å². The van der Waals surface area contributed by atoms with E-state index in [2.05, 4.69) is 32.3 Å². The van der Waals surface area contributed by atoms with Crippen molar-refractivity contribution in [1.82, 2.24) is 25.4 Å². The van der Waals surface area contributed by atoms with Gasteiger partial charge < -0.3 is 20.7 Å². The van der Waals surface area contributed by atoms with Crippen LogP contribution >= 0.6 is 24.0 Å². The van der Waals surface area contributed by atoms with E-state index in [1.165, 1.54) is 0 Å². The molecule has 29 heavy (non-hydrogen) atoms. The average molecular weight is 513 g/mol. The molecule has 9 nitrogen and oxygen atoms in total. The maximum absolute atomic E-state index is 10.9. The fraction of sp³-hybridized carbons (Fsp3) is 0.474.